The minimum Gasteiger partial charge on any atom is -0.271 e. The van der Waals surface area contributed by atoms with Crippen molar-refractivity contribution in [2.24, 2.45) is 5.84 Å². The Kier molecular flexibility index (Phi) is 5.41. The van der Waals surface area contributed by atoms with Crippen molar-refractivity contribution in [3.63, 3.8) is 0 Å². The molecule has 0 heterocycles. The van der Waals surface area contributed by atoms with Gasteiger partial charge in [0.1, 0.15) is 5.82 Å². The lowest BCUT2D eigenvalue weighted by Crippen LogP contribution is -2.30. The Hall–Kier alpha value is -0.650. The molecular weight excluding hydrogens is 366 g/mol. The second-order valence-electron chi connectivity index (χ2n) is 4.29. The summed E-state index contributed by atoms with van der Waals surface area (Å²) in [5.74, 6) is 5.30. The molecular formula is C14H12BrCl2FN2. The minimum absolute atomic E-state index is 0.302. The molecule has 2 rings (SSSR count). The number of benzene rings is 2. The predicted molar refractivity (Wildman–Crippen MR) is 84.3 cm³/mol. The fourth-order valence-corrected chi connectivity index (χ4v) is 3.08. The zero-order chi connectivity index (χ0) is 14.7. The van der Waals surface area contributed by atoms with Crippen molar-refractivity contribution in [3.05, 3.63) is 67.9 Å². The second kappa shape index (κ2) is 6.87. The van der Waals surface area contributed by atoms with E-state index in [9.17, 15) is 4.39 Å². The zero-order valence-corrected chi connectivity index (χ0v) is 13.4. The monoisotopic (exact) mass is 376 g/mol. The van der Waals surface area contributed by atoms with E-state index >= 15 is 0 Å². The first-order chi connectivity index (χ1) is 9.52. The van der Waals surface area contributed by atoms with E-state index in [1.807, 2.05) is 0 Å². The normalized spacial score (nSPS) is 12.4. The lowest BCUT2D eigenvalue weighted by molar-refractivity contribution is 0.548. The van der Waals surface area contributed by atoms with Crippen LogP contribution in [0.2, 0.25) is 10.0 Å². The van der Waals surface area contributed by atoms with Gasteiger partial charge in [-0.1, -0.05) is 45.2 Å². The number of hydrogen-bond donors (Lipinski definition) is 2. The van der Waals surface area contributed by atoms with Crippen LogP contribution in [0.3, 0.4) is 0 Å². The molecule has 0 saturated heterocycles. The van der Waals surface area contributed by atoms with Gasteiger partial charge in [-0.05, 0) is 42.3 Å². The van der Waals surface area contributed by atoms with Crippen LogP contribution in [0.4, 0.5) is 4.39 Å². The molecule has 0 spiro atoms. The maximum absolute atomic E-state index is 13.3. The molecule has 2 nitrogen and oxygen atoms in total. The summed E-state index contributed by atoms with van der Waals surface area (Å²) in [6.07, 6.45) is 0.457. The Bertz CT molecular complexity index is 602. The standard InChI is InChI=1S/C14H12BrCl2FN2/c15-10-5-4-9(18)6-8(10)7-13(20-19)14-11(16)2-1-3-12(14)17/h1-6,13,20H,7,19H2. The third-order valence-corrected chi connectivity index (χ3v) is 4.41. The highest BCUT2D eigenvalue weighted by molar-refractivity contribution is 9.10. The molecule has 20 heavy (non-hydrogen) atoms. The maximum atomic E-state index is 13.3. The molecule has 0 fully saturated rings. The number of hydrogen-bond acceptors (Lipinski definition) is 2. The Balaban J connectivity index is 2.36. The Morgan fingerprint density at radius 1 is 1.20 bits per heavy atom. The molecule has 0 aliphatic rings. The molecule has 0 radical (unpaired) electrons. The highest BCUT2D eigenvalue weighted by atomic mass is 79.9. The summed E-state index contributed by atoms with van der Waals surface area (Å²) in [5.41, 5.74) is 4.17. The number of nitrogens with one attached hydrogen (secondary N) is 1. The summed E-state index contributed by atoms with van der Waals surface area (Å²) < 4.78 is 14.1. The van der Waals surface area contributed by atoms with Crippen LogP contribution in [0.1, 0.15) is 17.2 Å². The molecule has 1 atom stereocenters. The smallest absolute Gasteiger partial charge is 0.123 e. The summed E-state index contributed by atoms with van der Waals surface area (Å²) in [4.78, 5) is 0. The average molecular weight is 378 g/mol. The summed E-state index contributed by atoms with van der Waals surface area (Å²) in [6.45, 7) is 0. The summed E-state index contributed by atoms with van der Waals surface area (Å²) in [5, 5.41) is 1.04. The summed E-state index contributed by atoms with van der Waals surface area (Å²) in [7, 11) is 0. The SMILES string of the molecule is NNC(Cc1cc(F)ccc1Br)c1c(Cl)cccc1Cl. The Morgan fingerprint density at radius 3 is 2.45 bits per heavy atom. The molecule has 0 aliphatic carbocycles. The van der Waals surface area contributed by atoms with Crippen molar-refractivity contribution in [2.75, 3.05) is 0 Å². The van der Waals surface area contributed by atoms with Gasteiger partial charge in [0.2, 0.25) is 0 Å². The van der Waals surface area contributed by atoms with Gasteiger partial charge in [-0.25, -0.2) is 4.39 Å². The van der Waals surface area contributed by atoms with Crippen LogP contribution >= 0.6 is 39.1 Å². The third kappa shape index (κ3) is 3.51. The topological polar surface area (TPSA) is 38.0 Å². The van der Waals surface area contributed by atoms with Gasteiger partial charge < -0.3 is 0 Å². The van der Waals surface area contributed by atoms with Crippen LogP contribution in [0.15, 0.2) is 40.9 Å². The molecule has 0 saturated carbocycles. The first kappa shape index (κ1) is 15.7. The average Bonchev–Trinajstić information content (AvgIpc) is 2.41. The largest absolute Gasteiger partial charge is 0.271 e. The molecule has 1 unspecified atom stereocenters. The molecule has 0 amide bonds. The van der Waals surface area contributed by atoms with Crippen LogP contribution in [0.25, 0.3) is 0 Å². The number of rotatable bonds is 4. The van der Waals surface area contributed by atoms with Gasteiger partial charge in [-0.15, -0.1) is 0 Å². The molecule has 106 valence electrons. The fourth-order valence-electron chi connectivity index (χ4n) is 2.01. The van der Waals surface area contributed by atoms with E-state index in [0.717, 1.165) is 10.0 Å². The van der Waals surface area contributed by atoms with E-state index in [1.165, 1.54) is 12.1 Å². The quantitative estimate of drug-likeness (QED) is 0.601. The van der Waals surface area contributed by atoms with Crippen molar-refractivity contribution in [1.29, 1.82) is 0 Å². The van der Waals surface area contributed by atoms with Crippen LogP contribution in [0, 0.1) is 5.82 Å². The van der Waals surface area contributed by atoms with E-state index in [0.29, 0.717) is 22.0 Å². The van der Waals surface area contributed by atoms with E-state index < -0.39 is 0 Å². The van der Waals surface area contributed by atoms with E-state index in [-0.39, 0.29) is 11.9 Å². The molecule has 0 bridgehead atoms. The highest BCUT2D eigenvalue weighted by Crippen LogP contribution is 2.33. The maximum Gasteiger partial charge on any atom is 0.123 e. The van der Waals surface area contributed by atoms with Crippen molar-refractivity contribution in [1.82, 2.24) is 5.43 Å². The third-order valence-electron chi connectivity index (χ3n) is 2.98. The van der Waals surface area contributed by atoms with Crippen molar-refractivity contribution < 1.29 is 4.39 Å². The number of nitrogens with two attached hydrogens (primary N) is 1. The molecule has 2 aromatic rings. The van der Waals surface area contributed by atoms with Crippen LogP contribution in [-0.4, -0.2) is 0 Å². The Labute approximate surface area is 135 Å². The second-order valence-corrected chi connectivity index (χ2v) is 5.96. The van der Waals surface area contributed by atoms with Crippen molar-refractivity contribution in [3.8, 4) is 0 Å². The van der Waals surface area contributed by atoms with Gasteiger partial charge in [-0.2, -0.15) is 0 Å². The zero-order valence-electron chi connectivity index (χ0n) is 10.3. The van der Waals surface area contributed by atoms with Crippen LogP contribution < -0.4 is 11.3 Å². The fraction of sp³-hybridized carbons (Fsp3) is 0.143. The van der Waals surface area contributed by atoms with Crippen LogP contribution in [-0.2, 0) is 6.42 Å². The molecule has 6 heteroatoms. The molecule has 2 aromatic carbocycles. The number of hydrazine groups is 1. The summed E-state index contributed by atoms with van der Waals surface area (Å²) in [6, 6.07) is 9.45. The summed E-state index contributed by atoms with van der Waals surface area (Å²) >= 11 is 15.7. The van der Waals surface area contributed by atoms with Gasteiger partial charge in [-0.3, -0.25) is 11.3 Å². The van der Waals surface area contributed by atoms with E-state index in [4.69, 9.17) is 29.0 Å². The Morgan fingerprint density at radius 2 is 1.85 bits per heavy atom. The first-order valence-electron chi connectivity index (χ1n) is 5.87. The highest BCUT2D eigenvalue weighted by Gasteiger charge is 2.18. The van der Waals surface area contributed by atoms with Gasteiger partial charge in [0.05, 0.1) is 6.04 Å². The lowest BCUT2D eigenvalue weighted by Gasteiger charge is -2.20. The van der Waals surface area contributed by atoms with E-state index in [1.54, 1.807) is 24.3 Å². The van der Waals surface area contributed by atoms with Crippen molar-refractivity contribution >= 4 is 39.1 Å². The van der Waals surface area contributed by atoms with Gasteiger partial charge in [0.25, 0.3) is 0 Å². The number of halogens is 4. The lowest BCUT2D eigenvalue weighted by atomic mass is 9.99. The van der Waals surface area contributed by atoms with Crippen molar-refractivity contribution in [2.45, 2.75) is 12.5 Å². The van der Waals surface area contributed by atoms with Crippen LogP contribution in [0.5, 0.6) is 0 Å². The molecule has 0 aliphatic heterocycles. The van der Waals surface area contributed by atoms with Gasteiger partial charge >= 0.3 is 0 Å². The predicted octanol–water partition coefficient (Wildman–Crippen LogP) is 4.64. The molecule has 3 N–H and O–H groups in total. The molecule has 0 aromatic heterocycles. The van der Waals surface area contributed by atoms with Gasteiger partial charge in [0, 0.05) is 20.1 Å². The first-order valence-corrected chi connectivity index (χ1v) is 7.41. The van der Waals surface area contributed by atoms with Gasteiger partial charge in [0.15, 0.2) is 0 Å². The minimum atomic E-state index is -0.311. The van der Waals surface area contributed by atoms with E-state index in [2.05, 4.69) is 21.4 Å².